The van der Waals surface area contributed by atoms with Gasteiger partial charge in [0.2, 0.25) is 0 Å². The molecule has 0 spiro atoms. The summed E-state index contributed by atoms with van der Waals surface area (Å²) in [7, 11) is 1.71. The summed E-state index contributed by atoms with van der Waals surface area (Å²) in [6.07, 6.45) is 4.80. The average Bonchev–Trinajstić information content (AvgIpc) is 2.40. The minimum Gasteiger partial charge on any atom is -0.380 e. The number of hydrogen-bond donors (Lipinski definition) is 0. The summed E-state index contributed by atoms with van der Waals surface area (Å²) in [4.78, 5) is 6.25. The van der Waals surface area contributed by atoms with Gasteiger partial charge in [-0.1, -0.05) is 6.08 Å². The number of anilines is 1. The van der Waals surface area contributed by atoms with Crippen molar-refractivity contribution >= 4 is 5.69 Å². The van der Waals surface area contributed by atoms with Crippen LogP contribution in [0.4, 0.5) is 5.69 Å². The molecule has 1 aromatic rings. The van der Waals surface area contributed by atoms with Gasteiger partial charge in [-0.05, 0) is 24.1 Å². The molecule has 0 amide bonds. The lowest BCUT2D eigenvalue weighted by molar-refractivity contribution is 0.222. The Kier molecular flexibility index (Phi) is 3.73. The SMILES string of the molecule is COCC1=CCN(c2cccnc2C#N)CC1. The fraction of sp³-hybridized carbons (Fsp3) is 0.385. The first-order valence-electron chi connectivity index (χ1n) is 5.62. The van der Waals surface area contributed by atoms with Gasteiger partial charge in [0.15, 0.2) is 5.69 Å². The highest BCUT2D eigenvalue weighted by molar-refractivity contribution is 5.56. The van der Waals surface area contributed by atoms with Crippen LogP contribution in [0.2, 0.25) is 0 Å². The molecule has 1 aromatic heterocycles. The summed E-state index contributed by atoms with van der Waals surface area (Å²) in [6, 6.07) is 5.94. The van der Waals surface area contributed by atoms with Gasteiger partial charge in [-0.3, -0.25) is 0 Å². The molecule has 4 nitrogen and oxygen atoms in total. The molecular weight excluding hydrogens is 214 g/mol. The number of ether oxygens (including phenoxy) is 1. The van der Waals surface area contributed by atoms with Crippen molar-refractivity contribution in [2.75, 3.05) is 31.7 Å². The highest BCUT2D eigenvalue weighted by atomic mass is 16.5. The van der Waals surface area contributed by atoms with Gasteiger partial charge >= 0.3 is 0 Å². The molecule has 0 bridgehead atoms. The second-order valence-electron chi connectivity index (χ2n) is 3.97. The van der Waals surface area contributed by atoms with E-state index in [0.717, 1.165) is 25.2 Å². The minimum absolute atomic E-state index is 0.496. The van der Waals surface area contributed by atoms with E-state index in [1.54, 1.807) is 13.3 Å². The number of pyridine rings is 1. The van der Waals surface area contributed by atoms with Gasteiger partial charge in [-0.2, -0.15) is 5.26 Å². The van der Waals surface area contributed by atoms with E-state index >= 15 is 0 Å². The Morgan fingerprint density at radius 3 is 3.12 bits per heavy atom. The standard InChI is InChI=1S/C13H15N3O/c1-17-10-11-4-7-16(8-5-11)13-3-2-6-15-12(13)9-14/h2-4,6H,5,7-8,10H2,1H3. The normalized spacial score (nSPS) is 15.3. The number of rotatable bonds is 3. The van der Waals surface area contributed by atoms with Gasteiger partial charge in [0.25, 0.3) is 0 Å². The lowest BCUT2D eigenvalue weighted by atomic mass is 10.1. The Morgan fingerprint density at radius 2 is 2.47 bits per heavy atom. The van der Waals surface area contributed by atoms with Crippen LogP contribution in [0.5, 0.6) is 0 Å². The Hall–Kier alpha value is -1.86. The van der Waals surface area contributed by atoms with Crippen molar-refractivity contribution in [3.8, 4) is 6.07 Å². The molecular formula is C13H15N3O. The largest absolute Gasteiger partial charge is 0.380 e. The summed E-state index contributed by atoms with van der Waals surface area (Å²) in [5, 5.41) is 9.01. The predicted octanol–water partition coefficient (Wildman–Crippen LogP) is 1.74. The van der Waals surface area contributed by atoms with Crippen molar-refractivity contribution in [1.29, 1.82) is 5.26 Å². The van der Waals surface area contributed by atoms with E-state index in [1.807, 2.05) is 12.1 Å². The summed E-state index contributed by atoms with van der Waals surface area (Å²) in [5.41, 5.74) is 2.74. The smallest absolute Gasteiger partial charge is 0.163 e. The first-order chi connectivity index (χ1) is 8.35. The Morgan fingerprint density at radius 1 is 1.59 bits per heavy atom. The molecule has 0 saturated heterocycles. The van der Waals surface area contributed by atoms with Crippen LogP contribution in [-0.2, 0) is 4.74 Å². The van der Waals surface area contributed by atoms with E-state index in [0.29, 0.717) is 12.3 Å². The summed E-state index contributed by atoms with van der Waals surface area (Å²) in [5.74, 6) is 0. The molecule has 0 N–H and O–H groups in total. The van der Waals surface area contributed by atoms with E-state index in [9.17, 15) is 0 Å². The number of aromatic nitrogens is 1. The second kappa shape index (κ2) is 5.46. The van der Waals surface area contributed by atoms with Crippen LogP contribution in [0.15, 0.2) is 30.0 Å². The quantitative estimate of drug-likeness (QED) is 0.741. The van der Waals surface area contributed by atoms with Crippen molar-refractivity contribution in [2.24, 2.45) is 0 Å². The molecule has 17 heavy (non-hydrogen) atoms. The Balaban J connectivity index is 2.13. The lowest BCUT2D eigenvalue weighted by Crippen LogP contribution is -2.30. The van der Waals surface area contributed by atoms with Crippen LogP contribution in [0.25, 0.3) is 0 Å². The monoisotopic (exact) mass is 229 g/mol. The predicted molar refractivity (Wildman–Crippen MR) is 65.7 cm³/mol. The molecule has 0 fully saturated rings. The van der Waals surface area contributed by atoms with Gasteiger partial charge in [0.05, 0.1) is 12.3 Å². The number of nitrogens with zero attached hydrogens (tertiary/aromatic N) is 3. The summed E-state index contributed by atoms with van der Waals surface area (Å²) >= 11 is 0. The minimum atomic E-state index is 0.496. The van der Waals surface area contributed by atoms with Crippen molar-refractivity contribution in [3.63, 3.8) is 0 Å². The van der Waals surface area contributed by atoms with Crippen molar-refractivity contribution in [3.05, 3.63) is 35.7 Å². The number of nitriles is 1. The van der Waals surface area contributed by atoms with Gasteiger partial charge in [-0.25, -0.2) is 4.98 Å². The molecule has 4 heteroatoms. The van der Waals surface area contributed by atoms with Crippen molar-refractivity contribution < 1.29 is 4.74 Å². The Labute approximate surface area is 101 Å². The van der Waals surface area contributed by atoms with Crippen LogP contribution >= 0.6 is 0 Å². The first kappa shape index (κ1) is 11.6. The van der Waals surface area contributed by atoms with Gasteiger partial charge in [0, 0.05) is 26.4 Å². The molecule has 0 aliphatic carbocycles. The molecule has 2 heterocycles. The van der Waals surface area contributed by atoms with Crippen LogP contribution in [0.1, 0.15) is 12.1 Å². The maximum atomic E-state index is 9.01. The highest BCUT2D eigenvalue weighted by Crippen LogP contribution is 2.21. The third-order valence-electron chi connectivity index (χ3n) is 2.87. The van der Waals surface area contributed by atoms with Gasteiger partial charge < -0.3 is 9.64 Å². The molecule has 0 unspecified atom stereocenters. The summed E-state index contributed by atoms with van der Waals surface area (Å²) < 4.78 is 5.12. The lowest BCUT2D eigenvalue weighted by Gasteiger charge is -2.28. The summed E-state index contributed by atoms with van der Waals surface area (Å²) in [6.45, 7) is 2.43. The van der Waals surface area contributed by atoms with Crippen molar-refractivity contribution in [1.82, 2.24) is 4.98 Å². The average molecular weight is 229 g/mol. The topological polar surface area (TPSA) is 49.1 Å². The molecule has 2 rings (SSSR count). The van der Waals surface area contributed by atoms with Crippen LogP contribution in [0, 0.1) is 11.3 Å². The van der Waals surface area contributed by atoms with E-state index < -0.39 is 0 Å². The fourth-order valence-corrected chi connectivity index (χ4v) is 1.98. The molecule has 1 aliphatic rings. The molecule has 0 aromatic carbocycles. The molecule has 0 saturated carbocycles. The third-order valence-corrected chi connectivity index (χ3v) is 2.87. The zero-order chi connectivity index (χ0) is 12.1. The molecule has 88 valence electrons. The fourth-order valence-electron chi connectivity index (χ4n) is 1.98. The third kappa shape index (κ3) is 2.63. The zero-order valence-corrected chi connectivity index (χ0v) is 9.89. The highest BCUT2D eigenvalue weighted by Gasteiger charge is 2.15. The van der Waals surface area contributed by atoms with E-state index in [-0.39, 0.29) is 0 Å². The van der Waals surface area contributed by atoms with Crippen LogP contribution in [0.3, 0.4) is 0 Å². The van der Waals surface area contributed by atoms with E-state index in [4.69, 9.17) is 10.00 Å². The molecule has 1 aliphatic heterocycles. The Bertz CT molecular complexity index is 462. The maximum absolute atomic E-state index is 9.01. The van der Waals surface area contributed by atoms with Crippen LogP contribution in [-0.4, -0.2) is 31.8 Å². The molecule has 0 atom stereocenters. The van der Waals surface area contributed by atoms with E-state index in [1.165, 1.54) is 5.57 Å². The number of hydrogen-bond acceptors (Lipinski definition) is 4. The molecule has 0 radical (unpaired) electrons. The maximum Gasteiger partial charge on any atom is 0.163 e. The van der Waals surface area contributed by atoms with E-state index in [2.05, 4.69) is 22.0 Å². The van der Waals surface area contributed by atoms with Crippen LogP contribution < -0.4 is 4.90 Å². The van der Waals surface area contributed by atoms with Gasteiger partial charge in [-0.15, -0.1) is 0 Å². The zero-order valence-electron chi connectivity index (χ0n) is 9.89. The van der Waals surface area contributed by atoms with Gasteiger partial charge in [0.1, 0.15) is 6.07 Å². The first-order valence-corrected chi connectivity index (χ1v) is 5.62. The van der Waals surface area contributed by atoms with Crippen molar-refractivity contribution in [2.45, 2.75) is 6.42 Å². The number of methoxy groups -OCH3 is 1. The second-order valence-corrected chi connectivity index (χ2v) is 3.97.